The second-order valence-electron chi connectivity index (χ2n) is 2.86. The summed E-state index contributed by atoms with van der Waals surface area (Å²) in [5.74, 6) is 0.0241. The Balaban J connectivity index is 2.70. The van der Waals surface area contributed by atoms with Gasteiger partial charge in [-0.2, -0.15) is 0 Å². The fourth-order valence-electron chi connectivity index (χ4n) is 1.04. The molecule has 0 heterocycles. The van der Waals surface area contributed by atoms with Gasteiger partial charge in [0.15, 0.2) is 0 Å². The molecule has 14 heavy (non-hydrogen) atoms. The van der Waals surface area contributed by atoms with E-state index in [-0.39, 0.29) is 12.3 Å². The molecule has 0 aliphatic carbocycles. The molecule has 1 aromatic carbocycles. The number of hydrogen-bond acceptors (Lipinski definition) is 3. The Hall–Kier alpha value is -0.820. The molecule has 0 aromatic heterocycles. The van der Waals surface area contributed by atoms with Crippen LogP contribution in [0.25, 0.3) is 0 Å². The molecule has 0 spiro atoms. The molecule has 0 aliphatic heterocycles. The number of oxime groups is 1. The van der Waals surface area contributed by atoms with E-state index in [0.29, 0.717) is 0 Å². The van der Waals surface area contributed by atoms with Gasteiger partial charge in [0.1, 0.15) is 5.84 Å². The summed E-state index contributed by atoms with van der Waals surface area (Å²) < 4.78 is 1.10. The van der Waals surface area contributed by atoms with Gasteiger partial charge in [0.05, 0.1) is 6.10 Å². The lowest BCUT2D eigenvalue weighted by Gasteiger charge is -2.09. The molecular formula is C9H11IN2O2. The summed E-state index contributed by atoms with van der Waals surface area (Å²) in [7, 11) is 0. The smallest absolute Gasteiger partial charge is 0.142 e. The molecule has 4 N–H and O–H groups in total. The van der Waals surface area contributed by atoms with Crippen molar-refractivity contribution in [3.63, 3.8) is 0 Å². The average molecular weight is 306 g/mol. The van der Waals surface area contributed by atoms with Crippen LogP contribution in [0.1, 0.15) is 18.1 Å². The molecule has 0 saturated carbocycles. The van der Waals surface area contributed by atoms with Gasteiger partial charge >= 0.3 is 0 Å². The van der Waals surface area contributed by atoms with Gasteiger partial charge in [-0.25, -0.2) is 0 Å². The van der Waals surface area contributed by atoms with Crippen molar-refractivity contribution in [2.24, 2.45) is 10.9 Å². The van der Waals surface area contributed by atoms with Gasteiger partial charge in [0, 0.05) is 9.99 Å². The number of amidine groups is 1. The van der Waals surface area contributed by atoms with E-state index in [1.165, 1.54) is 0 Å². The predicted octanol–water partition coefficient (Wildman–Crippen LogP) is 1.46. The first-order valence-electron chi connectivity index (χ1n) is 4.03. The highest BCUT2D eigenvalue weighted by molar-refractivity contribution is 14.1. The highest BCUT2D eigenvalue weighted by atomic mass is 127. The summed E-state index contributed by atoms with van der Waals surface area (Å²) in [6, 6.07) is 7.42. The van der Waals surface area contributed by atoms with Crippen LogP contribution in [-0.2, 0) is 0 Å². The summed E-state index contributed by atoms with van der Waals surface area (Å²) in [5.41, 5.74) is 6.04. The molecule has 1 atom stereocenters. The molecule has 4 nitrogen and oxygen atoms in total. The van der Waals surface area contributed by atoms with E-state index in [0.717, 1.165) is 9.13 Å². The first kappa shape index (κ1) is 11.3. The molecule has 0 amide bonds. The van der Waals surface area contributed by atoms with Gasteiger partial charge in [-0.15, -0.1) is 0 Å². The van der Waals surface area contributed by atoms with Crippen molar-refractivity contribution in [3.8, 4) is 0 Å². The third kappa shape index (κ3) is 3.15. The van der Waals surface area contributed by atoms with E-state index in [4.69, 9.17) is 10.9 Å². The molecule has 0 fully saturated rings. The monoisotopic (exact) mass is 306 g/mol. The molecule has 5 heteroatoms. The second kappa shape index (κ2) is 5.16. The van der Waals surface area contributed by atoms with Crippen molar-refractivity contribution < 1.29 is 10.3 Å². The number of nitrogens with two attached hydrogens (primary N) is 1. The summed E-state index contributed by atoms with van der Waals surface area (Å²) >= 11 is 2.18. The maximum atomic E-state index is 9.64. The summed E-state index contributed by atoms with van der Waals surface area (Å²) in [6.45, 7) is 0. The topological polar surface area (TPSA) is 78.8 Å². The summed E-state index contributed by atoms with van der Waals surface area (Å²) in [5, 5.41) is 20.8. The van der Waals surface area contributed by atoms with Crippen molar-refractivity contribution in [2.75, 3.05) is 0 Å². The predicted molar refractivity (Wildman–Crippen MR) is 62.1 cm³/mol. The van der Waals surface area contributed by atoms with E-state index in [9.17, 15) is 5.11 Å². The highest BCUT2D eigenvalue weighted by Gasteiger charge is 2.09. The molecular weight excluding hydrogens is 295 g/mol. The van der Waals surface area contributed by atoms with Crippen molar-refractivity contribution >= 4 is 28.4 Å². The third-order valence-electron chi connectivity index (χ3n) is 1.79. The summed E-state index contributed by atoms with van der Waals surface area (Å²) in [4.78, 5) is 0. The van der Waals surface area contributed by atoms with E-state index < -0.39 is 6.10 Å². The lowest BCUT2D eigenvalue weighted by molar-refractivity contribution is 0.184. The molecule has 76 valence electrons. The van der Waals surface area contributed by atoms with Crippen molar-refractivity contribution in [1.82, 2.24) is 0 Å². The number of hydrogen-bond donors (Lipinski definition) is 3. The number of halogens is 1. The zero-order valence-electron chi connectivity index (χ0n) is 7.39. The third-order valence-corrected chi connectivity index (χ3v) is 2.50. The second-order valence-corrected chi connectivity index (χ2v) is 4.11. The van der Waals surface area contributed by atoms with E-state index in [1.807, 2.05) is 24.3 Å². The van der Waals surface area contributed by atoms with Gasteiger partial charge in [-0.05, 0) is 40.3 Å². The number of nitrogens with zero attached hydrogens (tertiary/aromatic N) is 1. The molecule has 0 bridgehead atoms. The van der Waals surface area contributed by atoms with Gasteiger partial charge in [-0.3, -0.25) is 0 Å². The highest BCUT2D eigenvalue weighted by Crippen LogP contribution is 2.17. The Morgan fingerprint density at radius 3 is 2.50 bits per heavy atom. The molecule has 0 aliphatic rings. The lowest BCUT2D eigenvalue weighted by Crippen LogP contribution is -2.15. The molecule has 1 aromatic rings. The Labute approximate surface area is 95.6 Å². The Morgan fingerprint density at radius 1 is 1.43 bits per heavy atom. The maximum absolute atomic E-state index is 9.64. The SMILES string of the molecule is N/C(C[C@H](O)c1ccc(I)cc1)=N\O. The molecule has 0 radical (unpaired) electrons. The molecule has 0 unspecified atom stereocenters. The number of aliphatic hydroxyl groups excluding tert-OH is 1. The lowest BCUT2D eigenvalue weighted by atomic mass is 10.1. The van der Waals surface area contributed by atoms with Gasteiger partial charge in [0.25, 0.3) is 0 Å². The van der Waals surface area contributed by atoms with Gasteiger partial charge in [0.2, 0.25) is 0 Å². The van der Waals surface area contributed by atoms with Gasteiger partial charge in [-0.1, -0.05) is 17.3 Å². The maximum Gasteiger partial charge on any atom is 0.142 e. The Bertz CT molecular complexity index is 324. The number of aliphatic hydroxyl groups is 1. The quantitative estimate of drug-likeness (QED) is 0.260. The minimum atomic E-state index is -0.720. The zero-order chi connectivity index (χ0) is 10.6. The summed E-state index contributed by atoms with van der Waals surface area (Å²) in [6.07, 6.45) is -0.584. The molecule has 1 rings (SSSR count). The number of benzene rings is 1. The van der Waals surface area contributed by atoms with Crippen LogP contribution in [0.5, 0.6) is 0 Å². The number of rotatable bonds is 3. The molecule has 0 saturated heterocycles. The minimum absolute atomic E-state index is 0.0241. The van der Waals surface area contributed by atoms with E-state index in [2.05, 4.69) is 27.7 Å². The first-order valence-corrected chi connectivity index (χ1v) is 5.11. The van der Waals surface area contributed by atoms with E-state index >= 15 is 0 Å². The van der Waals surface area contributed by atoms with Gasteiger partial charge < -0.3 is 16.0 Å². The van der Waals surface area contributed by atoms with Crippen LogP contribution < -0.4 is 5.73 Å². The Kier molecular flexibility index (Phi) is 4.15. The van der Waals surface area contributed by atoms with Crippen LogP contribution in [0.2, 0.25) is 0 Å². The van der Waals surface area contributed by atoms with Crippen molar-refractivity contribution in [2.45, 2.75) is 12.5 Å². The average Bonchev–Trinajstić information content (AvgIpc) is 2.18. The fraction of sp³-hybridized carbons (Fsp3) is 0.222. The van der Waals surface area contributed by atoms with Crippen molar-refractivity contribution in [3.05, 3.63) is 33.4 Å². The van der Waals surface area contributed by atoms with Crippen LogP contribution >= 0.6 is 22.6 Å². The standard InChI is InChI=1S/C9H11IN2O2/c10-7-3-1-6(2-4-7)8(13)5-9(11)12-14/h1-4,8,13-14H,5H2,(H2,11,12)/t8-/m0/s1. The minimum Gasteiger partial charge on any atom is -0.409 e. The normalized spacial score (nSPS) is 14.0. The largest absolute Gasteiger partial charge is 0.409 e. The zero-order valence-corrected chi connectivity index (χ0v) is 9.55. The van der Waals surface area contributed by atoms with E-state index in [1.54, 1.807) is 0 Å². The van der Waals surface area contributed by atoms with Crippen molar-refractivity contribution in [1.29, 1.82) is 0 Å². The van der Waals surface area contributed by atoms with Crippen LogP contribution in [-0.4, -0.2) is 16.1 Å². The van der Waals surface area contributed by atoms with Crippen LogP contribution in [0, 0.1) is 3.57 Å². The van der Waals surface area contributed by atoms with Crippen LogP contribution in [0.4, 0.5) is 0 Å². The Morgan fingerprint density at radius 2 is 2.00 bits per heavy atom. The van der Waals surface area contributed by atoms with Crippen LogP contribution in [0.15, 0.2) is 29.4 Å². The first-order chi connectivity index (χ1) is 6.63. The fourth-order valence-corrected chi connectivity index (χ4v) is 1.40. The van der Waals surface area contributed by atoms with Crippen LogP contribution in [0.3, 0.4) is 0 Å².